The van der Waals surface area contributed by atoms with E-state index < -0.39 is 0 Å². The number of carbonyl (C=O) groups is 1. The fraction of sp³-hybridized carbons (Fsp3) is 0.963. The standard InChI is InChI=1S/C27H54O5/c1-3-5-7-9-10-11-12-13-15-16-20-29-23-25-31-26-24-30-21-18-19-27(28)32-22-17-14-8-6-4-2/h3-26H2,1-2H3. The molecule has 0 aliphatic heterocycles. The van der Waals surface area contributed by atoms with Gasteiger partial charge in [-0.1, -0.05) is 97.3 Å². The van der Waals surface area contributed by atoms with Gasteiger partial charge in [-0.05, 0) is 19.3 Å². The first kappa shape index (κ1) is 31.4. The number of ether oxygens (including phenoxy) is 4. The topological polar surface area (TPSA) is 54.0 Å². The molecule has 0 bridgehead atoms. The quantitative estimate of drug-likeness (QED) is 0.0958. The molecule has 0 fully saturated rings. The van der Waals surface area contributed by atoms with E-state index in [1.807, 2.05) is 0 Å². The van der Waals surface area contributed by atoms with Crippen molar-refractivity contribution in [3.8, 4) is 0 Å². The number of carbonyl (C=O) groups excluding carboxylic acids is 1. The molecule has 32 heavy (non-hydrogen) atoms. The van der Waals surface area contributed by atoms with Crippen molar-refractivity contribution in [3.05, 3.63) is 0 Å². The van der Waals surface area contributed by atoms with Crippen LogP contribution >= 0.6 is 0 Å². The molecule has 0 radical (unpaired) electrons. The summed E-state index contributed by atoms with van der Waals surface area (Å²) in [6.45, 7) is 8.84. The fourth-order valence-corrected chi connectivity index (χ4v) is 3.52. The third-order valence-electron chi connectivity index (χ3n) is 5.57. The molecule has 5 heteroatoms. The van der Waals surface area contributed by atoms with Crippen LogP contribution < -0.4 is 0 Å². The summed E-state index contributed by atoms with van der Waals surface area (Å²) < 4.78 is 21.9. The molecule has 0 rings (SSSR count). The van der Waals surface area contributed by atoms with Crippen molar-refractivity contribution in [1.82, 2.24) is 0 Å². The van der Waals surface area contributed by atoms with Crippen molar-refractivity contribution in [2.45, 2.75) is 123 Å². The second-order valence-electron chi connectivity index (χ2n) is 8.76. The minimum atomic E-state index is -0.111. The maximum atomic E-state index is 11.6. The van der Waals surface area contributed by atoms with Crippen molar-refractivity contribution in [1.29, 1.82) is 0 Å². The number of esters is 1. The summed E-state index contributed by atoms with van der Waals surface area (Å²) in [5, 5.41) is 0. The predicted molar refractivity (Wildman–Crippen MR) is 133 cm³/mol. The first-order chi connectivity index (χ1) is 15.8. The van der Waals surface area contributed by atoms with Gasteiger partial charge in [0.2, 0.25) is 0 Å². The van der Waals surface area contributed by atoms with Crippen molar-refractivity contribution in [2.75, 3.05) is 46.2 Å². The molecular weight excluding hydrogens is 404 g/mol. The molecule has 0 unspecified atom stereocenters. The summed E-state index contributed by atoms with van der Waals surface area (Å²) in [5.41, 5.74) is 0. The number of hydrogen-bond acceptors (Lipinski definition) is 5. The predicted octanol–water partition coefficient (Wildman–Crippen LogP) is 7.25. The van der Waals surface area contributed by atoms with Gasteiger partial charge in [0.15, 0.2) is 0 Å². The van der Waals surface area contributed by atoms with Gasteiger partial charge in [0.05, 0.1) is 33.0 Å². The average Bonchev–Trinajstić information content (AvgIpc) is 2.80. The lowest BCUT2D eigenvalue weighted by molar-refractivity contribution is -0.144. The molecule has 192 valence electrons. The van der Waals surface area contributed by atoms with E-state index in [1.54, 1.807) is 0 Å². The molecule has 5 nitrogen and oxygen atoms in total. The molecular formula is C27H54O5. The molecule has 0 N–H and O–H groups in total. The molecule has 0 aliphatic carbocycles. The molecule has 0 aliphatic rings. The van der Waals surface area contributed by atoms with Crippen LogP contribution in [0.25, 0.3) is 0 Å². The van der Waals surface area contributed by atoms with Crippen molar-refractivity contribution in [3.63, 3.8) is 0 Å². The molecule has 0 spiro atoms. The van der Waals surface area contributed by atoms with Gasteiger partial charge in [-0.15, -0.1) is 0 Å². The highest BCUT2D eigenvalue weighted by Crippen LogP contribution is 2.10. The summed E-state index contributed by atoms with van der Waals surface area (Å²) in [6, 6.07) is 0. The minimum absolute atomic E-state index is 0.111. The smallest absolute Gasteiger partial charge is 0.305 e. The molecule has 0 aromatic carbocycles. The summed E-state index contributed by atoms with van der Waals surface area (Å²) in [7, 11) is 0. The van der Waals surface area contributed by atoms with Gasteiger partial charge in [-0.25, -0.2) is 0 Å². The Morgan fingerprint density at radius 1 is 0.438 bits per heavy atom. The van der Waals surface area contributed by atoms with E-state index in [9.17, 15) is 4.79 Å². The van der Waals surface area contributed by atoms with E-state index in [0.717, 1.165) is 25.9 Å². The zero-order chi connectivity index (χ0) is 23.4. The Hall–Kier alpha value is -0.650. The van der Waals surface area contributed by atoms with Crippen LogP contribution in [0, 0.1) is 0 Å². The summed E-state index contributed by atoms with van der Waals surface area (Å²) >= 11 is 0. The zero-order valence-electron chi connectivity index (χ0n) is 21.5. The number of hydrogen-bond donors (Lipinski definition) is 0. The Balaban J connectivity index is 3.09. The van der Waals surface area contributed by atoms with Gasteiger partial charge >= 0.3 is 5.97 Å². The van der Waals surface area contributed by atoms with Crippen LogP contribution in [0.5, 0.6) is 0 Å². The first-order valence-corrected chi connectivity index (χ1v) is 13.7. The lowest BCUT2D eigenvalue weighted by atomic mass is 10.1. The third kappa shape index (κ3) is 27.4. The van der Waals surface area contributed by atoms with Gasteiger partial charge in [-0.2, -0.15) is 0 Å². The molecule has 0 heterocycles. The normalized spacial score (nSPS) is 11.2. The highest BCUT2D eigenvalue weighted by molar-refractivity contribution is 5.69. The Bertz CT molecular complexity index is 362. The van der Waals surface area contributed by atoms with Crippen molar-refractivity contribution >= 4 is 5.97 Å². The van der Waals surface area contributed by atoms with Gasteiger partial charge in [-0.3, -0.25) is 4.79 Å². The Morgan fingerprint density at radius 2 is 0.812 bits per heavy atom. The molecule has 0 saturated heterocycles. The lowest BCUT2D eigenvalue weighted by Gasteiger charge is -2.07. The minimum Gasteiger partial charge on any atom is -0.466 e. The highest BCUT2D eigenvalue weighted by Gasteiger charge is 2.02. The summed E-state index contributed by atoms with van der Waals surface area (Å²) in [4.78, 5) is 11.6. The van der Waals surface area contributed by atoms with Crippen molar-refractivity contribution in [2.24, 2.45) is 0 Å². The first-order valence-electron chi connectivity index (χ1n) is 13.7. The average molecular weight is 459 g/mol. The Kier molecular flexibility index (Phi) is 27.8. The van der Waals surface area contributed by atoms with Crippen LogP contribution in [0.1, 0.15) is 123 Å². The van der Waals surface area contributed by atoms with E-state index in [1.165, 1.54) is 77.0 Å². The summed E-state index contributed by atoms with van der Waals surface area (Å²) in [6.07, 6.45) is 20.5. The van der Waals surface area contributed by atoms with Crippen LogP contribution in [-0.2, 0) is 23.7 Å². The largest absolute Gasteiger partial charge is 0.466 e. The maximum Gasteiger partial charge on any atom is 0.305 e. The van der Waals surface area contributed by atoms with Crippen LogP contribution in [0.3, 0.4) is 0 Å². The van der Waals surface area contributed by atoms with Crippen LogP contribution in [0.2, 0.25) is 0 Å². The highest BCUT2D eigenvalue weighted by atomic mass is 16.5. The third-order valence-corrected chi connectivity index (χ3v) is 5.57. The Labute approximate surface area is 199 Å². The SMILES string of the molecule is CCCCCCCCCCCCOCCOCCOCCCC(=O)OCCCCCCC. The molecule has 0 saturated carbocycles. The van der Waals surface area contributed by atoms with Gasteiger partial charge in [0.25, 0.3) is 0 Å². The van der Waals surface area contributed by atoms with E-state index in [2.05, 4.69) is 13.8 Å². The van der Waals surface area contributed by atoms with E-state index in [4.69, 9.17) is 18.9 Å². The fourth-order valence-electron chi connectivity index (χ4n) is 3.52. The van der Waals surface area contributed by atoms with E-state index >= 15 is 0 Å². The Morgan fingerprint density at radius 3 is 1.31 bits per heavy atom. The summed E-state index contributed by atoms with van der Waals surface area (Å²) in [5.74, 6) is -0.111. The monoisotopic (exact) mass is 458 g/mol. The van der Waals surface area contributed by atoms with Gasteiger partial charge < -0.3 is 18.9 Å². The zero-order valence-corrected chi connectivity index (χ0v) is 21.5. The van der Waals surface area contributed by atoms with Crippen molar-refractivity contribution < 1.29 is 23.7 Å². The van der Waals surface area contributed by atoms with Crippen LogP contribution in [-0.4, -0.2) is 52.2 Å². The second kappa shape index (κ2) is 28.4. The second-order valence-corrected chi connectivity index (χ2v) is 8.76. The lowest BCUT2D eigenvalue weighted by Crippen LogP contribution is -2.11. The maximum absolute atomic E-state index is 11.6. The number of rotatable bonds is 27. The number of unbranched alkanes of at least 4 members (excludes halogenated alkanes) is 13. The van der Waals surface area contributed by atoms with Gasteiger partial charge in [0.1, 0.15) is 0 Å². The van der Waals surface area contributed by atoms with E-state index in [-0.39, 0.29) is 5.97 Å². The molecule has 0 aromatic rings. The molecule has 0 atom stereocenters. The van der Waals surface area contributed by atoms with Crippen LogP contribution in [0.15, 0.2) is 0 Å². The molecule has 0 aromatic heterocycles. The molecule has 0 amide bonds. The van der Waals surface area contributed by atoms with Gasteiger partial charge in [0, 0.05) is 19.6 Å². The van der Waals surface area contributed by atoms with Crippen LogP contribution in [0.4, 0.5) is 0 Å². The van der Waals surface area contributed by atoms with E-state index in [0.29, 0.717) is 52.5 Å².